The van der Waals surface area contributed by atoms with Gasteiger partial charge in [0.15, 0.2) is 0 Å². The molecule has 3 nitrogen and oxygen atoms in total. The van der Waals surface area contributed by atoms with Gasteiger partial charge < -0.3 is 10.1 Å². The number of ether oxygens (including phenoxy) is 1. The van der Waals surface area contributed by atoms with Crippen LogP contribution in [-0.4, -0.2) is 44.8 Å². The normalized spacial score (nSPS) is 19.9. The third-order valence-electron chi connectivity index (χ3n) is 4.55. The zero-order valence-electron chi connectivity index (χ0n) is 13.8. The molecule has 118 valence electrons. The highest BCUT2D eigenvalue weighted by Gasteiger charge is 2.20. The highest BCUT2D eigenvalue weighted by Crippen LogP contribution is 2.21. The number of rotatable bonds is 7. The van der Waals surface area contributed by atoms with Crippen LogP contribution < -0.4 is 5.32 Å². The van der Waals surface area contributed by atoms with E-state index in [1.807, 2.05) is 0 Å². The molecule has 1 aliphatic heterocycles. The Hall–Kier alpha value is -0.900. The lowest BCUT2D eigenvalue weighted by atomic mass is 9.96. The van der Waals surface area contributed by atoms with E-state index in [1.165, 1.54) is 42.6 Å². The third kappa shape index (κ3) is 5.10. The number of aryl methyl sites for hydroxylation is 2. The van der Waals surface area contributed by atoms with Crippen molar-refractivity contribution in [2.75, 3.05) is 39.9 Å². The van der Waals surface area contributed by atoms with E-state index in [0.717, 1.165) is 32.2 Å². The van der Waals surface area contributed by atoms with Crippen LogP contribution in [0.4, 0.5) is 0 Å². The van der Waals surface area contributed by atoms with Crippen molar-refractivity contribution in [1.29, 1.82) is 0 Å². The van der Waals surface area contributed by atoms with E-state index in [0.29, 0.717) is 0 Å². The van der Waals surface area contributed by atoms with Gasteiger partial charge in [0, 0.05) is 26.7 Å². The van der Waals surface area contributed by atoms with Gasteiger partial charge >= 0.3 is 0 Å². The van der Waals surface area contributed by atoms with Crippen LogP contribution in [-0.2, 0) is 11.3 Å². The molecule has 1 aliphatic rings. The second kappa shape index (κ2) is 8.52. The number of methoxy groups -OCH3 is 1. The summed E-state index contributed by atoms with van der Waals surface area (Å²) in [5.41, 5.74) is 4.37. The second-order valence-corrected chi connectivity index (χ2v) is 6.31. The summed E-state index contributed by atoms with van der Waals surface area (Å²) in [7, 11) is 1.76. The van der Waals surface area contributed by atoms with Crippen molar-refractivity contribution < 1.29 is 4.74 Å². The van der Waals surface area contributed by atoms with Gasteiger partial charge in [-0.2, -0.15) is 0 Å². The number of likely N-dealkylation sites (tertiary alicyclic amines) is 1. The molecule has 0 saturated carbocycles. The quantitative estimate of drug-likeness (QED) is 0.782. The van der Waals surface area contributed by atoms with Gasteiger partial charge in [0.1, 0.15) is 0 Å². The average molecular weight is 290 g/mol. The molecule has 1 atom stereocenters. The molecule has 1 aromatic carbocycles. The molecule has 1 saturated heterocycles. The van der Waals surface area contributed by atoms with Crippen molar-refractivity contribution in [3.05, 3.63) is 34.9 Å². The smallest absolute Gasteiger partial charge is 0.0587 e. The molecular weight excluding hydrogens is 260 g/mol. The molecule has 0 bridgehead atoms. The third-order valence-corrected chi connectivity index (χ3v) is 4.55. The molecule has 1 fully saturated rings. The summed E-state index contributed by atoms with van der Waals surface area (Å²) in [6.07, 6.45) is 2.67. The Morgan fingerprint density at radius 1 is 1.29 bits per heavy atom. The summed E-state index contributed by atoms with van der Waals surface area (Å²) in [5.74, 6) is 0.778. The van der Waals surface area contributed by atoms with Crippen LogP contribution >= 0.6 is 0 Å². The summed E-state index contributed by atoms with van der Waals surface area (Å²) in [6.45, 7) is 10.9. The van der Waals surface area contributed by atoms with E-state index in [2.05, 4.69) is 42.3 Å². The average Bonchev–Trinajstić information content (AvgIpc) is 2.48. The Morgan fingerprint density at radius 3 is 2.76 bits per heavy atom. The van der Waals surface area contributed by atoms with Gasteiger partial charge in [-0.25, -0.2) is 0 Å². The van der Waals surface area contributed by atoms with Gasteiger partial charge in [-0.05, 0) is 62.4 Å². The molecule has 3 heteroatoms. The van der Waals surface area contributed by atoms with E-state index in [9.17, 15) is 0 Å². The van der Waals surface area contributed by atoms with Crippen LogP contribution in [0.15, 0.2) is 18.2 Å². The predicted molar refractivity (Wildman–Crippen MR) is 88.7 cm³/mol. The van der Waals surface area contributed by atoms with Crippen molar-refractivity contribution in [2.24, 2.45) is 5.92 Å². The second-order valence-electron chi connectivity index (χ2n) is 6.31. The Balaban J connectivity index is 1.83. The molecular formula is C18H30N2O. The van der Waals surface area contributed by atoms with Crippen molar-refractivity contribution in [3.8, 4) is 0 Å². The Bertz CT molecular complexity index is 413. The van der Waals surface area contributed by atoms with Crippen LogP contribution in [0, 0.1) is 19.8 Å². The molecule has 1 unspecified atom stereocenters. The zero-order chi connectivity index (χ0) is 15.1. The first-order valence-corrected chi connectivity index (χ1v) is 8.18. The van der Waals surface area contributed by atoms with Gasteiger partial charge in [0.2, 0.25) is 0 Å². The Morgan fingerprint density at radius 2 is 2.05 bits per heavy atom. The van der Waals surface area contributed by atoms with Crippen molar-refractivity contribution >= 4 is 0 Å². The van der Waals surface area contributed by atoms with Gasteiger partial charge in [-0.15, -0.1) is 0 Å². The molecule has 0 aliphatic carbocycles. The molecule has 0 radical (unpaired) electrons. The van der Waals surface area contributed by atoms with E-state index in [4.69, 9.17) is 4.74 Å². The van der Waals surface area contributed by atoms with Gasteiger partial charge in [-0.3, -0.25) is 4.90 Å². The number of nitrogens with one attached hydrogen (secondary N) is 1. The standard InChI is InChI=1S/C18H30N2O/c1-15-6-4-7-16(2)18(15)14-20-10-5-8-17(13-20)12-19-9-11-21-3/h4,6-7,17,19H,5,8-14H2,1-3H3. The summed E-state index contributed by atoms with van der Waals surface area (Å²) >= 11 is 0. The van der Waals surface area contributed by atoms with Crippen LogP contribution in [0.3, 0.4) is 0 Å². The fraction of sp³-hybridized carbons (Fsp3) is 0.667. The predicted octanol–water partition coefficient (Wildman–Crippen LogP) is 2.75. The molecule has 1 N–H and O–H groups in total. The molecule has 0 aromatic heterocycles. The minimum Gasteiger partial charge on any atom is -0.383 e. The summed E-state index contributed by atoms with van der Waals surface area (Å²) in [4.78, 5) is 2.63. The first-order chi connectivity index (χ1) is 10.2. The SMILES string of the molecule is COCCNCC1CCCN(Cc2c(C)cccc2C)C1. The molecule has 21 heavy (non-hydrogen) atoms. The molecule has 0 spiro atoms. The number of hydrogen-bond donors (Lipinski definition) is 1. The van der Waals surface area contributed by atoms with Crippen molar-refractivity contribution in [1.82, 2.24) is 10.2 Å². The minimum absolute atomic E-state index is 0.778. The maximum absolute atomic E-state index is 5.08. The molecule has 2 rings (SSSR count). The first kappa shape index (κ1) is 16.5. The number of benzene rings is 1. The fourth-order valence-corrected chi connectivity index (χ4v) is 3.26. The van der Waals surface area contributed by atoms with E-state index in [1.54, 1.807) is 7.11 Å². The molecule has 1 aromatic rings. The van der Waals surface area contributed by atoms with E-state index >= 15 is 0 Å². The molecule has 0 amide bonds. The Labute approximate surface area is 129 Å². The van der Waals surface area contributed by atoms with E-state index in [-0.39, 0.29) is 0 Å². The lowest BCUT2D eigenvalue weighted by Gasteiger charge is -2.33. The van der Waals surface area contributed by atoms with Crippen molar-refractivity contribution in [2.45, 2.75) is 33.2 Å². The van der Waals surface area contributed by atoms with Gasteiger partial charge in [0.25, 0.3) is 0 Å². The maximum Gasteiger partial charge on any atom is 0.0587 e. The first-order valence-electron chi connectivity index (χ1n) is 8.18. The van der Waals surface area contributed by atoms with Crippen molar-refractivity contribution in [3.63, 3.8) is 0 Å². The van der Waals surface area contributed by atoms with Gasteiger partial charge in [-0.1, -0.05) is 18.2 Å². The summed E-state index contributed by atoms with van der Waals surface area (Å²) in [5, 5.41) is 3.51. The fourth-order valence-electron chi connectivity index (χ4n) is 3.26. The minimum atomic E-state index is 0.778. The lowest BCUT2D eigenvalue weighted by molar-refractivity contribution is 0.158. The van der Waals surface area contributed by atoms with Crippen LogP contribution in [0.25, 0.3) is 0 Å². The monoisotopic (exact) mass is 290 g/mol. The summed E-state index contributed by atoms with van der Waals surface area (Å²) < 4.78 is 5.08. The zero-order valence-corrected chi connectivity index (χ0v) is 13.8. The van der Waals surface area contributed by atoms with Crippen LogP contribution in [0.2, 0.25) is 0 Å². The largest absolute Gasteiger partial charge is 0.383 e. The lowest BCUT2D eigenvalue weighted by Crippen LogP contribution is -2.40. The van der Waals surface area contributed by atoms with E-state index < -0.39 is 0 Å². The van der Waals surface area contributed by atoms with Gasteiger partial charge in [0.05, 0.1) is 6.61 Å². The maximum atomic E-state index is 5.08. The highest BCUT2D eigenvalue weighted by molar-refractivity contribution is 5.33. The highest BCUT2D eigenvalue weighted by atomic mass is 16.5. The topological polar surface area (TPSA) is 24.5 Å². The number of hydrogen-bond acceptors (Lipinski definition) is 3. The Kier molecular flexibility index (Phi) is 6.68. The molecule has 1 heterocycles. The summed E-state index contributed by atoms with van der Waals surface area (Å²) in [6, 6.07) is 6.62. The number of piperidine rings is 1. The van der Waals surface area contributed by atoms with Crippen LogP contribution in [0.5, 0.6) is 0 Å². The van der Waals surface area contributed by atoms with Crippen LogP contribution in [0.1, 0.15) is 29.5 Å². The number of nitrogens with zero attached hydrogens (tertiary/aromatic N) is 1.